The van der Waals surface area contributed by atoms with Crippen LogP contribution >= 0.6 is 22.7 Å². The Morgan fingerprint density at radius 1 is 0.365 bits per heavy atom. The Balaban J connectivity index is 1.05. The van der Waals surface area contributed by atoms with Crippen LogP contribution in [0.2, 0.25) is 0 Å². The minimum Gasteiger partial charge on any atom is -0.247 e. The Morgan fingerprint density at radius 3 is 1.83 bits per heavy atom. The minimum absolute atomic E-state index is 0.742. The highest BCUT2D eigenvalue weighted by Gasteiger charge is 2.19. The van der Waals surface area contributed by atoms with Crippen LogP contribution < -0.4 is 0 Å². The average molecular weight is 698 g/mol. The molecule has 0 saturated heterocycles. The Labute approximate surface area is 307 Å². The summed E-state index contributed by atoms with van der Waals surface area (Å²) >= 11 is 3.62. The van der Waals surface area contributed by atoms with Gasteiger partial charge in [0.2, 0.25) is 0 Å². The van der Waals surface area contributed by atoms with Gasteiger partial charge >= 0.3 is 0 Å². The second kappa shape index (κ2) is 11.6. The molecule has 0 saturated carbocycles. The molecule has 52 heavy (non-hydrogen) atoms. The molecule has 7 aromatic carbocycles. The van der Waals surface area contributed by atoms with E-state index in [-0.39, 0.29) is 0 Å². The smallest absolute Gasteiger partial charge is 0.160 e. The van der Waals surface area contributed by atoms with Crippen molar-refractivity contribution in [3.05, 3.63) is 164 Å². The van der Waals surface area contributed by atoms with Crippen LogP contribution in [0.25, 0.3) is 107 Å². The van der Waals surface area contributed by atoms with Gasteiger partial charge in [0.15, 0.2) is 5.82 Å². The number of hydrogen-bond donors (Lipinski definition) is 0. The first-order valence-electron chi connectivity index (χ1n) is 17.3. The van der Waals surface area contributed by atoms with Crippen molar-refractivity contribution < 1.29 is 0 Å². The summed E-state index contributed by atoms with van der Waals surface area (Å²) in [5.74, 6) is 0.742. The molecule has 242 valence electrons. The van der Waals surface area contributed by atoms with Crippen molar-refractivity contribution in [2.45, 2.75) is 0 Å². The first-order valence-corrected chi connectivity index (χ1v) is 19.0. The minimum atomic E-state index is 0.742. The summed E-state index contributed by atoms with van der Waals surface area (Å²) in [6.45, 7) is 0. The van der Waals surface area contributed by atoms with Crippen LogP contribution in [0.4, 0.5) is 0 Å². The van der Waals surface area contributed by atoms with Gasteiger partial charge in [0.25, 0.3) is 0 Å². The molecule has 0 aliphatic carbocycles. The molecule has 0 spiro atoms. The van der Waals surface area contributed by atoms with Crippen LogP contribution in [0, 0.1) is 0 Å². The van der Waals surface area contributed by atoms with Gasteiger partial charge in [0.05, 0.1) is 27.1 Å². The van der Waals surface area contributed by atoms with Gasteiger partial charge in [-0.15, -0.1) is 22.7 Å². The molecule has 0 atom stereocenters. The summed E-state index contributed by atoms with van der Waals surface area (Å²) in [6.07, 6.45) is 0. The van der Waals surface area contributed by atoms with Gasteiger partial charge in [0, 0.05) is 52.3 Å². The lowest BCUT2D eigenvalue weighted by Gasteiger charge is -2.11. The van der Waals surface area contributed by atoms with Crippen molar-refractivity contribution in [2.75, 3.05) is 0 Å². The molecule has 0 aliphatic rings. The maximum absolute atomic E-state index is 5.41. The third kappa shape index (κ3) is 4.67. The lowest BCUT2D eigenvalue weighted by molar-refractivity contribution is 1.24. The fourth-order valence-corrected chi connectivity index (χ4v) is 9.91. The molecule has 0 amide bonds. The van der Waals surface area contributed by atoms with Crippen molar-refractivity contribution in [1.82, 2.24) is 15.0 Å². The number of nitrogens with zero attached hydrogens (tertiary/aromatic N) is 3. The average Bonchev–Trinajstić information content (AvgIpc) is 3.79. The molecule has 4 aromatic heterocycles. The summed E-state index contributed by atoms with van der Waals surface area (Å²) in [5, 5.41) is 7.29. The van der Waals surface area contributed by atoms with E-state index in [1.54, 1.807) is 11.3 Å². The summed E-state index contributed by atoms with van der Waals surface area (Å²) in [6, 6.07) is 58.3. The number of rotatable bonds is 4. The van der Waals surface area contributed by atoms with E-state index in [0.717, 1.165) is 60.8 Å². The summed E-state index contributed by atoms with van der Waals surface area (Å²) in [7, 11) is 0. The van der Waals surface area contributed by atoms with E-state index in [9.17, 15) is 0 Å². The van der Waals surface area contributed by atoms with Crippen molar-refractivity contribution in [3.63, 3.8) is 0 Å². The van der Waals surface area contributed by atoms with Crippen LogP contribution in [0.15, 0.2) is 164 Å². The van der Waals surface area contributed by atoms with Crippen molar-refractivity contribution in [2.24, 2.45) is 0 Å². The molecule has 0 aliphatic heterocycles. The van der Waals surface area contributed by atoms with Crippen molar-refractivity contribution in [1.29, 1.82) is 0 Å². The van der Waals surface area contributed by atoms with Crippen molar-refractivity contribution >= 4 is 84.8 Å². The van der Waals surface area contributed by atoms with Crippen LogP contribution in [0.3, 0.4) is 0 Å². The second-order valence-electron chi connectivity index (χ2n) is 13.2. The maximum Gasteiger partial charge on any atom is 0.160 e. The van der Waals surface area contributed by atoms with E-state index in [1.165, 1.54) is 46.4 Å². The first kappa shape index (κ1) is 29.5. The van der Waals surface area contributed by atoms with E-state index < -0.39 is 0 Å². The maximum atomic E-state index is 5.41. The molecule has 3 nitrogen and oxygen atoms in total. The molecule has 4 heterocycles. The SMILES string of the molecule is c1ccc(-c2nc(-c3ccc(-c4cccc(-c5nc6cc7ccccc7cc6c6sc7ccccc7c56)c4)cc3)c3sc4ccccc4c3n2)cc1. The number of fused-ring (bicyclic) bond motifs is 9. The van der Waals surface area contributed by atoms with E-state index in [2.05, 4.69) is 146 Å². The predicted molar refractivity (Wildman–Crippen MR) is 222 cm³/mol. The molecule has 0 bridgehead atoms. The quantitative estimate of drug-likeness (QED) is 0.172. The van der Waals surface area contributed by atoms with E-state index >= 15 is 0 Å². The molecule has 0 unspecified atom stereocenters. The van der Waals surface area contributed by atoms with E-state index in [0.29, 0.717) is 0 Å². The lowest BCUT2D eigenvalue weighted by atomic mass is 9.97. The number of hydrogen-bond acceptors (Lipinski definition) is 5. The van der Waals surface area contributed by atoms with Gasteiger partial charge in [-0.1, -0.05) is 133 Å². The normalized spacial score (nSPS) is 11.8. The molecular weight excluding hydrogens is 671 g/mol. The van der Waals surface area contributed by atoms with Gasteiger partial charge in [-0.25, -0.2) is 15.0 Å². The van der Waals surface area contributed by atoms with Gasteiger partial charge in [-0.3, -0.25) is 0 Å². The van der Waals surface area contributed by atoms with Gasteiger partial charge in [0.1, 0.15) is 0 Å². The Hall–Kier alpha value is -6.27. The molecule has 0 radical (unpaired) electrons. The topological polar surface area (TPSA) is 38.7 Å². The first-order chi connectivity index (χ1) is 25.7. The van der Waals surface area contributed by atoms with E-state index in [1.807, 2.05) is 29.5 Å². The zero-order valence-electron chi connectivity index (χ0n) is 27.7. The molecular formula is C47H27N3S2. The third-order valence-electron chi connectivity index (χ3n) is 10.1. The molecule has 5 heteroatoms. The van der Waals surface area contributed by atoms with Gasteiger partial charge in [-0.2, -0.15) is 0 Å². The number of aromatic nitrogens is 3. The van der Waals surface area contributed by atoms with Gasteiger partial charge in [-0.05, 0) is 52.2 Å². The highest BCUT2D eigenvalue weighted by atomic mass is 32.1. The lowest BCUT2D eigenvalue weighted by Crippen LogP contribution is -1.93. The zero-order valence-corrected chi connectivity index (χ0v) is 29.4. The van der Waals surface area contributed by atoms with Crippen LogP contribution in [0.1, 0.15) is 0 Å². The number of benzene rings is 7. The predicted octanol–water partition coefficient (Wildman–Crippen LogP) is 13.6. The Bertz CT molecular complexity index is 3180. The zero-order chi connectivity index (χ0) is 34.2. The monoisotopic (exact) mass is 697 g/mol. The highest BCUT2D eigenvalue weighted by Crippen LogP contribution is 2.44. The van der Waals surface area contributed by atoms with Crippen LogP contribution in [-0.4, -0.2) is 15.0 Å². The standard InChI is InChI=1S/C47H27N3S2/c1-2-11-30(12-3-1)47-49-43(46-44(50-47)36-18-7-9-20-40(36)52-46)29-23-21-28(22-24-29)31-15-10-16-34(25-31)42-41-35-17-6-8-19-39(35)51-45(41)37-26-32-13-4-5-14-33(32)27-38(37)48-42/h1-27H. The molecule has 0 N–H and O–H groups in total. The molecule has 0 fully saturated rings. The Kier molecular flexibility index (Phi) is 6.59. The van der Waals surface area contributed by atoms with Crippen LogP contribution in [0.5, 0.6) is 0 Å². The van der Waals surface area contributed by atoms with Gasteiger partial charge < -0.3 is 0 Å². The fourth-order valence-electron chi connectivity index (χ4n) is 7.53. The second-order valence-corrected chi connectivity index (χ2v) is 15.3. The highest BCUT2D eigenvalue weighted by molar-refractivity contribution is 7.27. The summed E-state index contributed by atoms with van der Waals surface area (Å²) in [4.78, 5) is 15.7. The largest absolute Gasteiger partial charge is 0.247 e. The number of pyridine rings is 1. The number of thiophene rings is 2. The third-order valence-corrected chi connectivity index (χ3v) is 12.4. The molecule has 11 rings (SSSR count). The fraction of sp³-hybridized carbons (Fsp3) is 0. The Morgan fingerprint density at radius 2 is 1.00 bits per heavy atom. The molecule has 11 aromatic rings. The van der Waals surface area contributed by atoms with Crippen molar-refractivity contribution in [3.8, 4) is 45.0 Å². The summed E-state index contributed by atoms with van der Waals surface area (Å²) in [5.41, 5.74) is 9.51. The van der Waals surface area contributed by atoms with E-state index in [4.69, 9.17) is 15.0 Å². The van der Waals surface area contributed by atoms with Crippen LogP contribution in [-0.2, 0) is 0 Å². The summed E-state index contributed by atoms with van der Waals surface area (Å²) < 4.78 is 4.89.